The minimum Gasteiger partial charge on any atom is -0.391 e. The van der Waals surface area contributed by atoms with Crippen LogP contribution in [-0.4, -0.2) is 11.9 Å². The Labute approximate surface area is 129 Å². The van der Waals surface area contributed by atoms with Crippen LogP contribution < -0.4 is 0 Å². The number of allylic oxidation sites excluding steroid dienone is 1. The van der Waals surface area contributed by atoms with E-state index in [1.165, 1.54) is 64.2 Å². The smallest absolute Gasteiger partial charge is 0.331 e. The third-order valence-corrected chi connectivity index (χ3v) is 4.01. The van der Waals surface area contributed by atoms with E-state index in [0.717, 1.165) is 12.8 Å². The van der Waals surface area contributed by atoms with Gasteiger partial charge >= 0.3 is 11.9 Å². The topological polar surface area (TPSA) is 43.4 Å². The molecule has 3 heteroatoms. The minimum atomic E-state index is -0.613. The summed E-state index contributed by atoms with van der Waals surface area (Å²) in [4.78, 5) is 21.8. The quantitative estimate of drug-likeness (QED) is 0.209. The van der Waals surface area contributed by atoms with Crippen LogP contribution in [0, 0.1) is 5.92 Å². The molecule has 120 valence electrons. The van der Waals surface area contributed by atoms with Crippen LogP contribution >= 0.6 is 0 Å². The summed E-state index contributed by atoms with van der Waals surface area (Å²) in [7, 11) is 0. The molecular formula is C18H30O3. The number of hydrogen-bond donors (Lipinski definition) is 0. The maximum absolute atomic E-state index is 10.9. The molecule has 1 saturated heterocycles. The van der Waals surface area contributed by atoms with Gasteiger partial charge in [0.05, 0.1) is 0 Å². The summed E-state index contributed by atoms with van der Waals surface area (Å²) in [6.45, 7) is 2.25. The Morgan fingerprint density at radius 2 is 1.29 bits per heavy atom. The van der Waals surface area contributed by atoms with Crippen molar-refractivity contribution in [3.63, 3.8) is 0 Å². The predicted octanol–water partition coefficient (Wildman–Crippen LogP) is 4.94. The van der Waals surface area contributed by atoms with Gasteiger partial charge < -0.3 is 4.74 Å². The van der Waals surface area contributed by atoms with Crippen molar-refractivity contribution in [3.05, 3.63) is 12.2 Å². The molecule has 0 unspecified atom stereocenters. The Morgan fingerprint density at radius 3 is 1.76 bits per heavy atom. The van der Waals surface area contributed by atoms with Gasteiger partial charge in [0.1, 0.15) is 0 Å². The number of rotatable bonds is 13. The number of carbonyl (C=O) groups is 2. The fourth-order valence-corrected chi connectivity index (χ4v) is 2.58. The summed E-state index contributed by atoms with van der Waals surface area (Å²) in [5.41, 5.74) is 0. The van der Waals surface area contributed by atoms with Crippen LogP contribution in [0.25, 0.3) is 0 Å². The maximum atomic E-state index is 10.9. The first-order chi connectivity index (χ1) is 10.3. The summed E-state index contributed by atoms with van der Waals surface area (Å²) < 4.78 is 4.29. The molecule has 1 aliphatic rings. The van der Waals surface area contributed by atoms with Crippen LogP contribution in [0.3, 0.4) is 0 Å². The van der Waals surface area contributed by atoms with Crippen molar-refractivity contribution in [2.45, 2.75) is 84.0 Å². The number of cyclic esters (lactones) is 2. The Kier molecular flexibility index (Phi) is 9.84. The van der Waals surface area contributed by atoms with Crippen LogP contribution in [0.15, 0.2) is 12.2 Å². The lowest BCUT2D eigenvalue weighted by molar-refractivity contribution is -0.180. The molecule has 0 aromatic carbocycles. The third-order valence-electron chi connectivity index (χ3n) is 4.01. The number of ether oxygens (including phenoxy) is 1. The molecular weight excluding hydrogens is 264 g/mol. The first-order valence-electron chi connectivity index (χ1n) is 8.68. The Balaban J connectivity index is 1.79. The van der Waals surface area contributed by atoms with Gasteiger partial charge in [0.15, 0.2) is 5.92 Å². The SMILES string of the molecule is CCCCCCCCCCCCC/C=C/C1C(=O)OC1=O. The average molecular weight is 294 g/mol. The monoisotopic (exact) mass is 294 g/mol. The van der Waals surface area contributed by atoms with E-state index in [-0.39, 0.29) is 0 Å². The normalized spacial score (nSPS) is 15.5. The zero-order chi connectivity index (χ0) is 15.3. The summed E-state index contributed by atoms with van der Waals surface area (Å²) in [6.07, 6.45) is 19.3. The predicted molar refractivity (Wildman–Crippen MR) is 84.8 cm³/mol. The molecule has 0 aromatic rings. The second-order valence-corrected chi connectivity index (χ2v) is 5.97. The molecule has 0 amide bonds. The summed E-state index contributed by atoms with van der Waals surface area (Å²) in [5, 5.41) is 0. The molecule has 1 rings (SSSR count). The van der Waals surface area contributed by atoms with E-state index in [1.807, 2.05) is 6.08 Å². The fraction of sp³-hybridized carbons (Fsp3) is 0.778. The molecule has 21 heavy (non-hydrogen) atoms. The van der Waals surface area contributed by atoms with Crippen LogP contribution in [0.1, 0.15) is 84.0 Å². The lowest BCUT2D eigenvalue weighted by atomic mass is 10.0. The van der Waals surface area contributed by atoms with E-state index < -0.39 is 17.9 Å². The second-order valence-electron chi connectivity index (χ2n) is 5.97. The molecule has 0 aliphatic carbocycles. The molecule has 1 fully saturated rings. The Hall–Kier alpha value is -1.12. The summed E-state index contributed by atoms with van der Waals surface area (Å²) >= 11 is 0. The van der Waals surface area contributed by atoms with Crippen LogP contribution in [0.4, 0.5) is 0 Å². The van der Waals surface area contributed by atoms with Crippen molar-refractivity contribution in [3.8, 4) is 0 Å². The molecule has 0 spiro atoms. The van der Waals surface area contributed by atoms with Gasteiger partial charge in [-0.15, -0.1) is 0 Å². The fourth-order valence-electron chi connectivity index (χ4n) is 2.58. The van der Waals surface area contributed by atoms with Gasteiger partial charge in [-0.25, -0.2) is 0 Å². The van der Waals surface area contributed by atoms with Gasteiger partial charge in [0, 0.05) is 0 Å². The molecule has 1 heterocycles. The molecule has 0 radical (unpaired) electrons. The van der Waals surface area contributed by atoms with Crippen molar-refractivity contribution in [2.75, 3.05) is 0 Å². The van der Waals surface area contributed by atoms with E-state index in [4.69, 9.17) is 0 Å². The van der Waals surface area contributed by atoms with E-state index in [0.29, 0.717) is 0 Å². The highest BCUT2D eigenvalue weighted by atomic mass is 16.6. The van der Waals surface area contributed by atoms with Gasteiger partial charge in [0.25, 0.3) is 0 Å². The molecule has 0 bridgehead atoms. The standard InChI is InChI=1S/C18H30O3/c1-2-3-4-5-6-7-8-9-10-11-12-13-14-15-16-17(19)21-18(16)20/h14-16H,2-13H2,1H3/b15-14+. The molecule has 0 aromatic heterocycles. The maximum Gasteiger partial charge on any atom is 0.331 e. The lowest BCUT2D eigenvalue weighted by Gasteiger charge is -2.17. The van der Waals surface area contributed by atoms with E-state index >= 15 is 0 Å². The van der Waals surface area contributed by atoms with Gasteiger partial charge in [0.2, 0.25) is 0 Å². The van der Waals surface area contributed by atoms with Gasteiger partial charge in [-0.3, -0.25) is 9.59 Å². The largest absolute Gasteiger partial charge is 0.391 e. The highest BCUT2D eigenvalue weighted by Gasteiger charge is 2.39. The first kappa shape index (κ1) is 17.9. The highest BCUT2D eigenvalue weighted by molar-refractivity contribution is 6.11. The first-order valence-corrected chi connectivity index (χ1v) is 8.68. The van der Waals surface area contributed by atoms with Crippen molar-refractivity contribution < 1.29 is 14.3 Å². The van der Waals surface area contributed by atoms with E-state index in [1.54, 1.807) is 6.08 Å². The van der Waals surface area contributed by atoms with Crippen molar-refractivity contribution in [2.24, 2.45) is 5.92 Å². The number of hydrogen-bond acceptors (Lipinski definition) is 3. The van der Waals surface area contributed by atoms with Crippen molar-refractivity contribution >= 4 is 11.9 Å². The lowest BCUT2D eigenvalue weighted by Crippen LogP contribution is -2.39. The Morgan fingerprint density at radius 1 is 0.810 bits per heavy atom. The summed E-state index contributed by atoms with van der Waals surface area (Å²) in [5.74, 6) is -1.43. The van der Waals surface area contributed by atoms with Gasteiger partial charge in [-0.1, -0.05) is 83.3 Å². The third kappa shape index (κ3) is 8.03. The second kappa shape index (κ2) is 11.5. The van der Waals surface area contributed by atoms with E-state index in [9.17, 15) is 9.59 Å². The molecule has 3 nitrogen and oxygen atoms in total. The van der Waals surface area contributed by atoms with Crippen LogP contribution in [0.2, 0.25) is 0 Å². The number of carbonyl (C=O) groups excluding carboxylic acids is 2. The molecule has 1 aliphatic heterocycles. The molecule has 0 saturated carbocycles. The van der Waals surface area contributed by atoms with Gasteiger partial charge in [-0.05, 0) is 12.8 Å². The van der Waals surface area contributed by atoms with Crippen molar-refractivity contribution in [1.82, 2.24) is 0 Å². The Bertz CT molecular complexity index is 319. The van der Waals surface area contributed by atoms with E-state index in [2.05, 4.69) is 11.7 Å². The zero-order valence-electron chi connectivity index (χ0n) is 13.4. The summed E-state index contributed by atoms with van der Waals surface area (Å²) in [6, 6.07) is 0. The average Bonchev–Trinajstić information content (AvgIpc) is 2.47. The minimum absolute atomic E-state index is 0.407. The van der Waals surface area contributed by atoms with Gasteiger partial charge in [-0.2, -0.15) is 0 Å². The number of unbranched alkanes of at least 4 members (excludes halogenated alkanes) is 11. The van der Waals surface area contributed by atoms with Crippen LogP contribution in [-0.2, 0) is 14.3 Å². The zero-order valence-corrected chi connectivity index (χ0v) is 13.4. The highest BCUT2D eigenvalue weighted by Crippen LogP contribution is 2.17. The van der Waals surface area contributed by atoms with Crippen LogP contribution in [0.5, 0.6) is 0 Å². The van der Waals surface area contributed by atoms with Crippen molar-refractivity contribution in [1.29, 1.82) is 0 Å². The number of esters is 2. The molecule has 0 N–H and O–H groups in total. The molecule has 0 atom stereocenters.